The molecule has 3 aromatic rings. The van der Waals surface area contributed by atoms with Crippen molar-refractivity contribution in [2.24, 2.45) is 0 Å². The Kier molecular flexibility index (Phi) is 5.74. The Morgan fingerprint density at radius 2 is 1.93 bits per heavy atom. The summed E-state index contributed by atoms with van der Waals surface area (Å²) >= 11 is 0. The maximum Gasteiger partial charge on any atom is 0.245 e. The second-order valence-electron chi connectivity index (χ2n) is 7.79. The van der Waals surface area contributed by atoms with Gasteiger partial charge in [-0.25, -0.2) is 4.98 Å². The molecule has 0 saturated heterocycles. The lowest BCUT2D eigenvalue weighted by molar-refractivity contribution is -0.126. The van der Waals surface area contributed by atoms with Crippen molar-refractivity contribution in [2.45, 2.75) is 45.7 Å². The Morgan fingerprint density at radius 1 is 1.21 bits per heavy atom. The molecule has 0 aliphatic carbocycles. The standard InChI is InChI=1S/C22H24N6O/c1-5-19(21(29)26-22(2,3)4)28-12-9-17(27-28)15-7-6-8-16(13-15)20-18(14-23)24-10-11-25-20/h6-13,19H,5H2,1-4H3,(H,26,29)/t19-/m0/s1. The van der Waals surface area contributed by atoms with Gasteiger partial charge in [-0.05, 0) is 39.3 Å². The minimum atomic E-state index is -0.378. The van der Waals surface area contributed by atoms with E-state index in [1.807, 2.05) is 64.2 Å². The fourth-order valence-corrected chi connectivity index (χ4v) is 3.07. The molecule has 0 spiro atoms. The predicted molar refractivity (Wildman–Crippen MR) is 111 cm³/mol. The van der Waals surface area contributed by atoms with Crippen molar-refractivity contribution in [3.63, 3.8) is 0 Å². The van der Waals surface area contributed by atoms with E-state index in [1.54, 1.807) is 10.9 Å². The van der Waals surface area contributed by atoms with E-state index in [0.717, 1.165) is 16.8 Å². The maximum atomic E-state index is 12.6. The summed E-state index contributed by atoms with van der Waals surface area (Å²) in [6, 6.07) is 11.2. The van der Waals surface area contributed by atoms with Crippen LogP contribution < -0.4 is 5.32 Å². The first-order valence-electron chi connectivity index (χ1n) is 9.51. The van der Waals surface area contributed by atoms with E-state index >= 15 is 0 Å². The number of amides is 1. The third-order valence-electron chi connectivity index (χ3n) is 4.35. The van der Waals surface area contributed by atoms with E-state index in [-0.39, 0.29) is 23.2 Å². The number of hydrogen-bond donors (Lipinski definition) is 1. The molecule has 0 unspecified atom stereocenters. The van der Waals surface area contributed by atoms with Crippen LogP contribution in [0.3, 0.4) is 0 Å². The zero-order chi connectivity index (χ0) is 21.0. The number of carbonyl (C=O) groups excluding carboxylic acids is 1. The first-order chi connectivity index (χ1) is 13.8. The molecule has 0 fully saturated rings. The van der Waals surface area contributed by atoms with Gasteiger partial charge in [-0.1, -0.05) is 25.1 Å². The largest absolute Gasteiger partial charge is 0.350 e. The molecule has 7 nitrogen and oxygen atoms in total. The summed E-state index contributed by atoms with van der Waals surface area (Å²) in [5, 5.41) is 16.9. The van der Waals surface area contributed by atoms with Crippen molar-refractivity contribution >= 4 is 5.91 Å². The van der Waals surface area contributed by atoms with Gasteiger partial charge < -0.3 is 5.32 Å². The fraction of sp³-hybridized carbons (Fsp3) is 0.318. The van der Waals surface area contributed by atoms with Gasteiger partial charge in [0.05, 0.1) is 5.69 Å². The number of hydrogen-bond acceptors (Lipinski definition) is 5. The van der Waals surface area contributed by atoms with Crippen LogP contribution in [0.25, 0.3) is 22.5 Å². The van der Waals surface area contributed by atoms with Crippen molar-refractivity contribution in [1.82, 2.24) is 25.1 Å². The average Bonchev–Trinajstić information content (AvgIpc) is 3.17. The zero-order valence-corrected chi connectivity index (χ0v) is 17.0. The first kappa shape index (κ1) is 20.2. The van der Waals surface area contributed by atoms with Crippen molar-refractivity contribution in [1.29, 1.82) is 5.26 Å². The molecule has 0 aliphatic heterocycles. The molecule has 29 heavy (non-hydrogen) atoms. The van der Waals surface area contributed by atoms with Gasteiger partial charge in [0.2, 0.25) is 5.91 Å². The zero-order valence-electron chi connectivity index (χ0n) is 17.0. The van der Waals surface area contributed by atoms with Crippen LogP contribution in [0.15, 0.2) is 48.9 Å². The summed E-state index contributed by atoms with van der Waals surface area (Å²) in [5.74, 6) is -0.0541. The monoisotopic (exact) mass is 388 g/mol. The van der Waals surface area contributed by atoms with Crippen LogP contribution in [0.4, 0.5) is 0 Å². The molecule has 0 saturated carbocycles. The molecule has 0 aliphatic rings. The normalized spacial score (nSPS) is 12.2. The lowest BCUT2D eigenvalue weighted by Crippen LogP contribution is -2.44. The third kappa shape index (κ3) is 4.66. The minimum Gasteiger partial charge on any atom is -0.350 e. The second kappa shape index (κ2) is 8.23. The fourth-order valence-electron chi connectivity index (χ4n) is 3.07. The van der Waals surface area contributed by atoms with Crippen LogP contribution in [0.1, 0.15) is 45.9 Å². The van der Waals surface area contributed by atoms with Gasteiger partial charge in [0, 0.05) is 35.3 Å². The van der Waals surface area contributed by atoms with Crippen LogP contribution in [0.5, 0.6) is 0 Å². The molecule has 1 aromatic carbocycles. The predicted octanol–water partition coefficient (Wildman–Crippen LogP) is 3.74. The van der Waals surface area contributed by atoms with Gasteiger partial charge in [-0.3, -0.25) is 14.5 Å². The number of nitrogens with one attached hydrogen (secondary N) is 1. The van der Waals surface area contributed by atoms with E-state index in [2.05, 4.69) is 26.5 Å². The van der Waals surface area contributed by atoms with Crippen molar-refractivity contribution < 1.29 is 4.79 Å². The van der Waals surface area contributed by atoms with Crippen LogP contribution in [0.2, 0.25) is 0 Å². The van der Waals surface area contributed by atoms with Crippen molar-refractivity contribution in [3.8, 4) is 28.6 Å². The molecule has 0 radical (unpaired) electrons. The Bertz CT molecular complexity index is 1060. The van der Waals surface area contributed by atoms with E-state index < -0.39 is 0 Å². The molecule has 1 atom stereocenters. The molecule has 1 amide bonds. The molecule has 148 valence electrons. The summed E-state index contributed by atoms with van der Waals surface area (Å²) in [6.45, 7) is 7.84. The topological polar surface area (TPSA) is 96.5 Å². The quantitative estimate of drug-likeness (QED) is 0.718. The Balaban J connectivity index is 1.91. The lowest BCUT2D eigenvalue weighted by Gasteiger charge is -2.24. The summed E-state index contributed by atoms with van der Waals surface area (Å²) in [6.07, 6.45) is 5.52. The number of benzene rings is 1. The molecule has 1 N–H and O–H groups in total. The highest BCUT2D eigenvalue weighted by Crippen LogP contribution is 2.26. The number of aromatic nitrogens is 4. The molecule has 2 heterocycles. The van der Waals surface area contributed by atoms with Gasteiger partial charge in [-0.2, -0.15) is 10.4 Å². The second-order valence-corrected chi connectivity index (χ2v) is 7.79. The number of carbonyl (C=O) groups is 1. The summed E-state index contributed by atoms with van der Waals surface area (Å²) in [4.78, 5) is 21.0. The van der Waals surface area contributed by atoms with Gasteiger partial charge in [0.25, 0.3) is 0 Å². The Hall–Kier alpha value is -3.53. The molecule has 0 bridgehead atoms. The average molecular weight is 388 g/mol. The van der Waals surface area contributed by atoms with E-state index in [4.69, 9.17) is 0 Å². The SMILES string of the molecule is CC[C@@H](C(=O)NC(C)(C)C)n1ccc(-c2cccc(-c3nccnc3C#N)c2)n1. The van der Waals surface area contributed by atoms with Gasteiger partial charge in [0.15, 0.2) is 5.69 Å². The molecule has 7 heteroatoms. The van der Waals surface area contributed by atoms with Crippen LogP contribution in [0, 0.1) is 11.3 Å². The number of nitriles is 1. The van der Waals surface area contributed by atoms with E-state index in [9.17, 15) is 10.1 Å². The number of rotatable bonds is 5. The smallest absolute Gasteiger partial charge is 0.245 e. The Morgan fingerprint density at radius 3 is 2.62 bits per heavy atom. The van der Waals surface area contributed by atoms with E-state index in [0.29, 0.717) is 12.1 Å². The Labute approximate surface area is 170 Å². The van der Waals surface area contributed by atoms with Gasteiger partial charge in [-0.15, -0.1) is 0 Å². The van der Waals surface area contributed by atoms with Crippen LogP contribution >= 0.6 is 0 Å². The molecule has 2 aromatic heterocycles. The summed E-state index contributed by atoms with van der Waals surface area (Å²) in [7, 11) is 0. The minimum absolute atomic E-state index is 0.0541. The highest BCUT2D eigenvalue weighted by molar-refractivity contribution is 5.81. The molecular formula is C22H24N6O. The maximum absolute atomic E-state index is 12.6. The number of nitrogens with zero attached hydrogens (tertiary/aromatic N) is 5. The van der Waals surface area contributed by atoms with Crippen molar-refractivity contribution in [2.75, 3.05) is 0 Å². The van der Waals surface area contributed by atoms with Gasteiger partial charge >= 0.3 is 0 Å². The van der Waals surface area contributed by atoms with E-state index in [1.165, 1.54) is 6.20 Å². The first-order valence-corrected chi connectivity index (χ1v) is 9.51. The van der Waals surface area contributed by atoms with Gasteiger partial charge in [0.1, 0.15) is 17.8 Å². The van der Waals surface area contributed by atoms with Crippen LogP contribution in [-0.2, 0) is 4.79 Å². The molecule has 3 rings (SSSR count). The lowest BCUT2D eigenvalue weighted by atomic mass is 10.0. The highest BCUT2D eigenvalue weighted by Gasteiger charge is 2.23. The van der Waals surface area contributed by atoms with Crippen molar-refractivity contribution in [3.05, 3.63) is 54.6 Å². The third-order valence-corrected chi connectivity index (χ3v) is 4.35. The highest BCUT2D eigenvalue weighted by atomic mass is 16.2. The summed E-state index contributed by atoms with van der Waals surface area (Å²) < 4.78 is 1.70. The summed E-state index contributed by atoms with van der Waals surface area (Å²) in [5.41, 5.74) is 2.92. The molecular weight excluding hydrogens is 364 g/mol. The van der Waals surface area contributed by atoms with Crippen LogP contribution in [-0.4, -0.2) is 31.2 Å².